The van der Waals surface area contributed by atoms with Gasteiger partial charge in [-0.15, -0.1) is 0 Å². The number of benzene rings is 4. The first-order chi connectivity index (χ1) is 19.5. The minimum absolute atomic E-state index is 0.0553. The van der Waals surface area contributed by atoms with E-state index in [2.05, 4.69) is 10.3 Å². The maximum absolute atomic E-state index is 12.9. The first-order valence-corrected chi connectivity index (χ1v) is 12.6. The van der Waals surface area contributed by atoms with Gasteiger partial charge in [-0.05, 0) is 65.2 Å². The maximum atomic E-state index is 12.9. The average molecular weight is 578 g/mol. The molecule has 4 N–H and O–H groups in total. The molecule has 0 atom stereocenters. The fourth-order valence-electron chi connectivity index (χ4n) is 3.91. The van der Waals surface area contributed by atoms with E-state index in [0.29, 0.717) is 39.8 Å². The Kier molecular flexibility index (Phi) is 9.01. The third-order valence-corrected chi connectivity index (χ3v) is 6.28. The summed E-state index contributed by atoms with van der Waals surface area (Å²) >= 11 is 5.63. The predicted octanol–water partition coefficient (Wildman–Crippen LogP) is 7.67. The highest BCUT2D eigenvalue weighted by molar-refractivity contribution is 6.30. The molecule has 4 aromatic carbocycles. The maximum Gasteiger partial charge on any atom is 0.416 e. The number of carboxylic acid groups (broad SMARTS) is 1. The largest absolute Gasteiger partial charge is 0.478 e. The van der Waals surface area contributed by atoms with Gasteiger partial charge in [0.1, 0.15) is 0 Å². The number of rotatable bonds is 5. The molecular weight excluding hydrogens is 555 g/mol. The van der Waals surface area contributed by atoms with Crippen LogP contribution in [0.1, 0.15) is 31.8 Å². The Morgan fingerprint density at radius 3 is 2.22 bits per heavy atom. The first-order valence-electron chi connectivity index (χ1n) is 12.2. The van der Waals surface area contributed by atoms with E-state index in [9.17, 15) is 22.8 Å². The molecule has 0 bridgehead atoms. The number of carbonyl (C=O) groups excluding carboxylic acids is 1. The van der Waals surface area contributed by atoms with Crippen LogP contribution in [0.15, 0.2) is 103 Å². The van der Waals surface area contributed by atoms with E-state index in [1.807, 2.05) is 24.3 Å². The Balaban J connectivity index is 0.000000367. The normalized spacial score (nSPS) is 11.0. The summed E-state index contributed by atoms with van der Waals surface area (Å²) in [6.07, 6.45) is -3.21. The molecule has 1 amide bonds. The summed E-state index contributed by atoms with van der Waals surface area (Å²) in [6, 6.07) is 25.1. The fourth-order valence-corrected chi connectivity index (χ4v) is 4.03. The molecule has 0 aliphatic carbocycles. The molecule has 0 aliphatic heterocycles. The monoisotopic (exact) mass is 577 g/mol. The van der Waals surface area contributed by atoms with Crippen molar-refractivity contribution >= 4 is 40.1 Å². The number of nitrogens with two attached hydrogens (primary N) is 1. The highest BCUT2D eigenvalue weighted by Crippen LogP contribution is 2.32. The van der Waals surface area contributed by atoms with Crippen LogP contribution in [0.4, 0.5) is 18.9 Å². The number of carbonyl (C=O) groups is 2. The van der Waals surface area contributed by atoms with Gasteiger partial charge in [0.05, 0.1) is 16.6 Å². The van der Waals surface area contributed by atoms with Crippen LogP contribution in [0.25, 0.3) is 22.0 Å². The molecule has 0 spiro atoms. The number of carboxylic acids is 1. The molecule has 0 unspecified atom stereocenters. The Labute approximate surface area is 238 Å². The Morgan fingerprint density at radius 1 is 0.902 bits per heavy atom. The second-order valence-electron chi connectivity index (χ2n) is 8.84. The van der Waals surface area contributed by atoms with Crippen LogP contribution in [0.2, 0.25) is 5.02 Å². The van der Waals surface area contributed by atoms with Gasteiger partial charge in [-0.2, -0.15) is 13.2 Å². The second kappa shape index (κ2) is 12.6. The van der Waals surface area contributed by atoms with Crippen molar-refractivity contribution in [2.45, 2.75) is 12.7 Å². The van der Waals surface area contributed by atoms with E-state index < -0.39 is 23.6 Å². The van der Waals surface area contributed by atoms with Crippen LogP contribution in [0.3, 0.4) is 0 Å². The van der Waals surface area contributed by atoms with Gasteiger partial charge in [-0.25, -0.2) is 4.79 Å². The first kappa shape index (κ1) is 29.3. The number of halogens is 4. The number of nitrogens with one attached hydrogen (secondary N) is 1. The number of hydrogen-bond donors (Lipinski definition) is 3. The summed E-state index contributed by atoms with van der Waals surface area (Å²) in [7, 11) is 0. The van der Waals surface area contributed by atoms with Gasteiger partial charge in [-0.3, -0.25) is 9.78 Å². The van der Waals surface area contributed by atoms with Gasteiger partial charge in [0.15, 0.2) is 0 Å². The average Bonchev–Trinajstić information content (AvgIpc) is 2.97. The van der Waals surface area contributed by atoms with Crippen molar-refractivity contribution in [2.24, 2.45) is 5.73 Å². The SMILES string of the molecule is NCc1ccc(Cl)cc1.O=C(O)c1cnc2cc(NC(=O)c3ccccc3-c3ccc(C(F)(F)F)cc3)ccc2c1. The summed E-state index contributed by atoms with van der Waals surface area (Å²) in [5.74, 6) is -1.53. The van der Waals surface area contributed by atoms with Crippen molar-refractivity contribution in [2.75, 3.05) is 5.32 Å². The van der Waals surface area contributed by atoms with Gasteiger partial charge in [0, 0.05) is 34.4 Å². The van der Waals surface area contributed by atoms with Crippen LogP contribution in [-0.4, -0.2) is 22.0 Å². The summed E-state index contributed by atoms with van der Waals surface area (Å²) in [5, 5.41) is 13.2. The van der Waals surface area contributed by atoms with E-state index in [0.717, 1.165) is 22.7 Å². The quantitative estimate of drug-likeness (QED) is 0.199. The smallest absolute Gasteiger partial charge is 0.416 e. The van der Waals surface area contributed by atoms with Crippen LogP contribution >= 0.6 is 11.6 Å². The molecule has 0 fully saturated rings. The number of alkyl halides is 3. The van der Waals surface area contributed by atoms with Crippen molar-refractivity contribution in [3.05, 3.63) is 131 Å². The zero-order valence-electron chi connectivity index (χ0n) is 21.3. The van der Waals surface area contributed by atoms with E-state index >= 15 is 0 Å². The Morgan fingerprint density at radius 2 is 1.59 bits per heavy atom. The molecular formula is C31H23ClF3N3O3. The number of fused-ring (bicyclic) bond motifs is 1. The van der Waals surface area contributed by atoms with E-state index in [1.165, 1.54) is 24.4 Å². The molecule has 10 heteroatoms. The lowest BCUT2D eigenvalue weighted by molar-refractivity contribution is -0.137. The molecule has 1 aromatic heterocycles. The highest BCUT2D eigenvalue weighted by Gasteiger charge is 2.30. The summed E-state index contributed by atoms with van der Waals surface area (Å²) < 4.78 is 38.5. The molecule has 0 radical (unpaired) electrons. The summed E-state index contributed by atoms with van der Waals surface area (Å²) in [6.45, 7) is 0.581. The van der Waals surface area contributed by atoms with Crippen molar-refractivity contribution in [3.63, 3.8) is 0 Å². The predicted molar refractivity (Wildman–Crippen MR) is 153 cm³/mol. The molecule has 208 valence electrons. The van der Waals surface area contributed by atoms with Crippen LogP contribution in [-0.2, 0) is 12.7 Å². The Bertz CT molecular complexity index is 1690. The summed E-state index contributed by atoms with van der Waals surface area (Å²) in [5.41, 5.74) is 7.96. The number of pyridine rings is 1. The fraction of sp³-hybridized carbons (Fsp3) is 0.0645. The van der Waals surface area contributed by atoms with Crippen molar-refractivity contribution in [1.29, 1.82) is 0 Å². The highest BCUT2D eigenvalue weighted by atomic mass is 35.5. The van der Waals surface area contributed by atoms with E-state index in [1.54, 1.807) is 42.5 Å². The minimum Gasteiger partial charge on any atom is -0.478 e. The lowest BCUT2D eigenvalue weighted by Gasteiger charge is -2.12. The van der Waals surface area contributed by atoms with Crippen molar-refractivity contribution < 1.29 is 27.9 Å². The number of nitrogens with zero attached hydrogens (tertiary/aromatic N) is 1. The lowest BCUT2D eigenvalue weighted by atomic mass is 9.98. The molecule has 0 saturated carbocycles. The zero-order valence-corrected chi connectivity index (χ0v) is 22.1. The molecule has 41 heavy (non-hydrogen) atoms. The van der Waals surface area contributed by atoms with E-state index in [4.69, 9.17) is 22.4 Å². The molecule has 0 saturated heterocycles. The third kappa shape index (κ3) is 7.47. The van der Waals surface area contributed by atoms with Gasteiger partial charge >= 0.3 is 12.1 Å². The van der Waals surface area contributed by atoms with Gasteiger partial charge < -0.3 is 16.2 Å². The van der Waals surface area contributed by atoms with Crippen molar-refractivity contribution in [3.8, 4) is 11.1 Å². The van der Waals surface area contributed by atoms with E-state index in [-0.39, 0.29) is 5.56 Å². The number of hydrogen-bond acceptors (Lipinski definition) is 4. The van der Waals surface area contributed by atoms with Crippen LogP contribution in [0, 0.1) is 0 Å². The number of anilines is 1. The molecule has 0 aliphatic rings. The topological polar surface area (TPSA) is 105 Å². The van der Waals surface area contributed by atoms with Crippen LogP contribution in [0.5, 0.6) is 0 Å². The standard InChI is InChI=1S/C24H15F3N2O3.C7H8ClN/c25-24(26,27)17-8-5-14(6-9-17)19-3-1-2-4-20(19)22(30)29-18-10-7-15-11-16(23(31)32)13-28-21(15)12-18;8-7-3-1-6(5-9)2-4-7/h1-13H,(H,29,30)(H,31,32);1-4H,5,9H2. The van der Waals surface area contributed by atoms with Crippen molar-refractivity contribution in [1.82, 2.24) is 4.98 Å². The molecule has 5 aromatic rings. The van der Waals surface area contributed by atoms with Gasteiger partial charge in [0.2, 0.25) is 0 Å². The minimum atomic E-state index is -4.44. The molecule has 5 rings (SSSR count). The third-order valence-electron chi connectivity index (χ3n) is 6.03. The summed E-state index contributed by atoms with van der Waals surface area (Å²) in [4.78, 5) is 28.1. The zero-order chi connectivity index (χ0) is 29.6. The lowest BCUT2D eigenvalue weighted by Crippen LogP contribution is -2.13. The number of aromatic carboxylic acids is 1. The number of aromatic nitrogens is 1. The Hall–Kier alpha value is -4.73. The second-order valence-corrected chi connectivity index (χ2v) is 9.28. The van der Waals surface area contributed by atoms with Gasteiger partial charge in [-0.1, -0.05) is 60.1 Å². The van der Waals surface area contributed by atoms with Gasteiger partial charge in [0.25, 0.3) is 5.91 Å². The molecule has 1 heterocycles. The van der Waals surface area contributed by atoms with Crippen LogP contribution < -0.4 is 11.1 Å². The molecule has 6 nitrogen and oxygen atoms in total. The number of amides is 1.